The van der Waals surface area contributed by atoms with Crippen LogP contribution in [-0.2, 0) is 4.79 Å². The first kappa shape index (κ1) is 14.0. The van der Waals surface area contributed by atoms with Crippen molar-refractivity contribution in [3.63, 3.8) is 0 Å². The second-order valence-electron chi connectivity index (χ2n) is 3.96. The third-order valence-corrected chi connectivity index (χ3v) is 3.03. The Bertz CT molecular complexity index is 415. The number of hydrogen-bond acceptors (Lipinski definition) is 2. The molecule has 0 fully saturated rings. The van der Waals surface area contributed by atoms with E-state index in [1.807, 2.05) is 12.1 Å². The number of hydrogen-bond donors (Lipinski definition) is 0. The Kier molecular flexibility index (Phi) is 4.92. The highest BCUT2D eigenvalue weighted by atomic mass is 127. The van der Waals surface area contributed by atoms with E-state index in [-0.39, 0.29) is 18.4 Å². The zero-order chi connectivity index (χ0) is 13.0. The molecule has 0 saturated carbocycles. The number of likely N-dealkylation sites (N-methyl/N-ethyl adjacent to an activating group) is 2. The van der Waals surface area contributed by atoms with Crippen molar-refractivity contribution in [2.24, 2.45) is 0 Å². The standard InChI is InChI=1S/C12H15IN2O2/c1-14(2)11(16)8-15(3)12(17)9-4-6-10(13)7-5-9/h4-7H,8H2,1-3H3. The quantitative estimate of drug-likeness (QED) is 0.778. The van der Waals surface area contributed by atoms with Crippen molar-refractivity contribution in [1.29, 1.82) is 0 Å². The molecular formula is C12H15IN2O2. The highest BCUT2D eigenvalue weighted by Gasteiger charge is 2.15. The maximum Gasteiger partial charge on any atom is 0.254 e. The molecule has 0 unspecified atom stereocenters. The van der Waals surface area contributed by atoms with Crippen LogP contribution in [0.15, 0.2) is 24.3 Å². The van der Waals surface area contributed by atoms with Gasteiger partial charge in [-0.05, 0) is 46.9 Å². The summed E-state index contributed by atoms with van der Waals surface area (Å²) in [6, 6.07) is 7.27. The van der Waals surface area contributed by atoms with E-state index in [9.17, 15) is 9.59 Å². The SMILES string of the molecule is CN(C)C(=O)CN(C)C(=O)c1ccc(I)cc1. The van der Waals surface area contributed by atoms with E-state index in [0.29, 0.717) is 5.56 Å². The van der Waals surface area contributed by atoms with Crippen molar-refractivity contribution in [2.45, 2.75) is 0 Å². The van der Waals surface area contributed by atoms with Gasteiger partial charge in [-0.3, -0.25) is 9.59 Å². The summed E-state index contributed by atoms with van der Waals surface area (Å²) in [4.78, 5) is 26.3. The lowest BCUT2D eigenvalue weighted by Gasteiger charge is -2.19. The van der Waals surface area contributed by atoms with Crippen molar-refractivity contribution in [3.05, 3.63) is 33.4 Å². The van der Waals surface area contributed by atoms with E-state index in [4.69, 9.17) is 0 Å². The molecule has 17 heavy (non-hydrogen) atoms. The smallest absolute Gasteiger partial charge is 0.254 e. The van der Waals surface area contributed by atoms with E-state index in [0.717, 1.165) is 3.57 Å². The lowest BCUT2D eigenvalue weighted by atomic mass is 10.2. The van der Waals surface area contributed by atoms with Crippen molar-refractivity contribution < 1.29 is 9.59 Å². The molecule has 0 N–H and O–H groups in total. The van der Waals surface area contributed by atoms with Gasteiger partial charge in [0, 0.05) is 30.3 Å². The molecule has 92 valence electrons. The molecule has 0 atom stereocenters. The van der Waals surface area contributed by atoms with Crippen LogP contribution in [0.1, 0.15) is 10.4 Å². The average Bonchev–Trinajstić information content (AvgIpc) is 2.28. The van der Waals surface area contributed by atoms with Crippen molar-refractivity contribution in [3.8, 4) is 0 Å². The Labute approximate surface area is 115 Å². The third kappa shape index (κ3) is 3.99. The second kappa shape index (κ2) is 6.00. The number of carbonyl (C=O) groups excluding carboxylic acids is 2. The van der Waals surface area contributed by atoms with Crippen LogP contribution in [0.4, 0.5) is 0 Å². The Morgan fingerprint density at radius 2 is 1.65 bits per heavy atom. The lowest BCUT2D eigenvalue weighted by Crippen LogP contribution is -2.37. The summed E-state index contributed by atoms with van der Waals surface area (Å²) in [5.74, 6) is -0.233. The predicted octanol–water partition coefficient (Wildman–Crippen LogP) is 1.45. The summed E-state index contributed by atoms with van der Waals surface area (Å²) in [7, 11) is 4.97. The molecule has 0 spiro atoms. The van der Waals surface area contributed by atoms with Crippen LogP contribution >= 0.6 is 22.6 Å². The minimum atomic E-state index is -0.142. The Morgan fingerprint density at radius 1 is 1.12 bits per heavy atom. The monoisotopic (exact) mass is 346 g/mol. The summed E-state index contributed by atoms with van der Waals surface area (Å²) in [6.45, 7) is 0.0951. The highest BCUT2D eigenvalue weighted by Crippen LogP contribution is 2.08. The highest BCUT2D eigenvalue weighted by molar-refractivity contribution is 14.1. The molecule has 0 aliphatic carbocycles. The van der Waals surface area contributed by atoms with E-state index in [1.54, 1.807) is 33.3 Å². The largest absolute Gasteiger partial charge is 0.347 e. The van der Waals surface area contributed by atoms with Crippen LogP contribution in [0, 0.1) is 3.57 Å². The maximum absolute atomic E-state index is 12.0. The first-order valence-corrected chi connectivity index (χ1v) is 6.21. The van der Waals surface area contributed by atoms with Gasteiger partial charge in [-0.15, -0.1) is 0 Å². The van der Waals surface area contributed by atoms with Crippen LogP contribution in [0.5, 0.6) is 0 Å². The van der Waals surface area contributed by atoms with Gasteiger partial charge >= 0.3 is 0 Å². The molecular weight excluding hydrogens is 331 g/mol. The zero-order valence-electron chi connectivity index (χ0n) is 10.1. The van der Waals surface area contributed by atoms with Crippen molar-refractivity contribution in [1.82, 2.24) is 9.80 Å². The average molecular weight is 346 g/mol. The van der Waals surface area contributed by atoms with E-state index < -0.39 is 0 Å². The molecule has 5 heteroatoms. The van der Waals surface area contributed by atoms with Gasteiger partial charge in [-0.2, -0.15) is 0 Å². The van der Waals surface area contributed by atoms with Crippen molar-refractivity contribution >= 4 is 34.4 Å². The third-order valence-electron chi connectivity index (χ3n) is 2.31. The van der Waals surface area contributed by atoms with Gasteiger partial charge in [0.2, 0.25) is 5.91 Å². The van der Waals surface area contributed by atoms with Gasteiger partial charge in [0.1, 0.15) is 0 Å². The molecule has 2 amide bonds. The van der Waals surface area contributed by atoms with Crippen molar-refractivity contribution in [2.75, 3.05) is 27.7 Å². The van der Waals surface area contributed by atoms with E-state index in [1.165, 1.54) is 9.80 Å². The van der Waals surface area contributed by atoms with Gasteiger partial charge in [-0.25, -0.2) is 0 Å². The molecule has 1 aromatic rings. The van der Waals surface area contributed by atoms with Gasteiger partial charge in [-0.1, -0.05) is 0 Å². The molecule has 0 aliphatic rings. The van der Waals surface area contributed by atoms with Crippen LogP contribution in [0.2, 0.25) is 0 Å². The number of halogens is 1. The molecule has 0 saturated heterocycles. The molecule has 1 rings (SSSR count). The number of nitrogens with zero attached hydrogens (tertiary/aromatic N) is 2. The molecule has 0 radical (unpaired) electrons. The fourth-order valence-electron chi connectivity index (χ4n) is 1.23. The summed E-state index contributed by atoms with van der Waals surface area (Å²) in [5, 5.41) is 0. The zero-order valence-corrected chi connectivity index (χ0v) is 12.3. The maximum atomic E-state index is 12.0. The van der Waals surface area contributed by atoms with Crippen LogP contribution in [-0.4, -0.2) is 49.3 Å². The summed E-state index contributed by atoms with van der Waals surface area (Å²) in [5.41, 5.74) is 0.597. The fraction of sp³-hybridized carbons (Fsp3) is 0.333. The predicted molar refractivity (Wildman–Crippen MR) is 74.8 cm³/mol. The number of amides is 2. The van der Waals surface area contributed by atoms with Gasteiger partial charge in [0.05, 0.1) is 6.54 Å². The molecule has 0 aliphatic heterocycles. The number of rotatable bonds is 3. The summed E-state index contributed by atoms with van der Waals surface area (Å²) < 4.78 is 1.08. The first-order valence-electron chi connectivity index (χ1n) is 5.13. The molecule has 0 heterocycles. The lowest BCUT2D eigenvalue weighted by molar-refractivity contribution is -0.129. The minimum Gasteiger partial charge on any atom is -0.347 e. The first-order chi connectivity index (χ1) is 7.91. The normalized spacial score (nSPS) is 9.88. The molecule has 1 aromatic carbocycles. The second-order valence-corrected chi connectivity index (χ2v) is 5.20. The Balaban J connectivity index is 2.70. The molecule has 0 bridgehead atoms. The van der Waals surface area contributed by atoms with Gasteiger partial charge in [0.15, 0.2) is 0 Å². The number of carbonyl (C=O) groups is 2. The van der Waals surface area contributed by atoms with E-state index >= 15 is 0 Å². The Hall–Kier alpha value is -1.11. The Morgan fingerprint density at radius 3 is 2.12 bits per heavy atom. The van der Waals surface area contributed by atoms with Crippen LogP contribution in [0.3, 0.4) is 0 Å². The summed E-state index contributed by atoms with van der Waals surface area (Å²) >= 11 is 2.18. The van der Waals surface area contributed by atoms with Gasteiger partial charge < -0.3 is 9.80 Å². The topological polar surface area (TPSA) is 40.6 Å². The van der Waals surface area contributed by atoms with E-state index in [2.05, 4.69) is 22.6 Å². The van der Waals surface area contributed by atoms with Gasteiger partial charge in [0.25, 0.3) is 5.91 Å². The van der Waals surface area contributed by atoms with Crippen LogP contribution < -0.4 is 0 Å². The summed E-state index contributed by atoms with van der Waals surface area (Å²) in [6.07, 6.45) is 0. The molecule has 4 nitrogen and oxygen atoms in total. The van der Waals surface area contributed by atoms with Crippen LogP contribution in [0.25, 0.3) is 0 Å². The molecule has 0 aromatic heterocycles. The fourth-order valence-corrected chi connectivity index (χ4v) is 1.59. The minimum absolute atomic E-state index is 0.0913. The number of benzene rings is 1.